The van der Waals surface area contributed by atoms with E-state index in [4.69, 9.17) is 18.3 Å². The van der Waals surface area contributed by atoms with Gasteiger partial charge in [0, 0.05) is 11.5 Å². The second-order valence-electron chi connectivity index (χ2n) is 6.71. The smallest absolute Gasteiger partial charge is 0.453 e. The summed E-state index contributed by atoms with van der Waals surface area (Å²) in [6.45, 7) is 3.40. The van der Waals surface area contributed by atoms with Crippen molar-refractivity contribution in [1.29, 1.82) is 0 Å². The van der Waals surface area contributed by atoms with Crippen molar-refractivity contribution in [3.63, 3.8) is 0 Å². The molecule has 27 heavy (non-hydrogen) atoms. The first kappa shape index (κ1) is 18.3. The van der Waals surface area contributed by atoms with Gasteiger partial charge in [-0.3, -0.25) is 9.69 Å². The molecule has 0 saturated carbocycles. The van der Waals surface area contributed by atoms with E-state index in [-0.39, 0.29) is 41.2 Å². The predicted molar refractivity (Wildman–Crippen MR) is 91.2 cm³/mol. The van der Waals surface area contributed by atoms with Crippen LogP contribution in [0.1, 0.15) is 31.3 Å². The monoisotopic (exact) mass is 397 g/mol. The fraction of sp³-hybridized carbons (Fsp3) is 0.588. The maximum atomic E-state index is 12.8. The van der Waals surface area contributed by atoms with E-state index in [0.717, 1.165) is 12.8 Å². The summed E-state index contributed by atoms with van der Waals surface area (Å²) in [5.74, 6) is -2.09. The number of hydrogen-bond acceptors (Lipinski definition) is 9. The van der Waals surface area contributed by atoms with Gasteiger partial charge in [-0.2, -0.15) is 0 Å². The number of thioether (sulfide) groups is 1. The largest absolute Gasteiger partial charge is 0.519 e. The topological polar surface area (TPSA) is 119 Å². The first-order valence-electron chi connectivity index (χ1n) is 8.68. The van der Waals surface area contributed by atoms with Crippen LogP contribution < -0.4 is 5.82 Å². The molecule has 4 rings (SSSR count). The van der Waals surface area contributed by atoms with E-state index >= 15 is 0 Å². The highest BCUT2D eigenvalue weighted by atomic mass is 32.2. The van der Waals surface area contributed by atoms with Crippen molar-refractivity contribution >= 4 is 23.6 Å². The fourth-order valence-corrected chi connectivity index (χ4v) is 5.21. The highest BCUT2D eigenvalue weighted by molar-refractivity contribution is 8.04. The summed E-state index contributed by atoms with van der Waals surface area (Å²) >= 11 is 1.37. The summed E-state index contributed by atoms with van der Waals surface area (Å²) in [6.07, 6.45) is 0.548. The number of amides is 1. The number of carbonyl (C=O) groups excluding carboxylic acids is 2. The third-order valence-corrected chi connectivity index (χ3v) is 6.37. The molecule has 1 aromatic rings. The van der Waals surface area contributed by atoms with E-state index in [2.05, 4.69) is 0 Å². The molecule has 0 radical (unpaired) electrons. The van der Waals surface area contributed by atoms with Crippen LogP contribution in [0.5, 0.6) is 0 Å². The predicted octanol–water partition coefficient (Wildman–Crippen LogP) is 0.887. The summed E-state index contributed by atoms with van der Waals surface area (Å²) < 4.78 is 20.5. The number of rotatable bonds is 5. The SMILES string of the molecule is Cc1oc(=O)oc1COC(=O)C1=C([C@H]2CCCO2)S[C@H]2C([C@H](C)O)C(=O)N12. The van der Waals surface area contributed by atoms with Crippen molar-refractivity contribution in [3.05, 3.63) is 32.7 Å². The lowest BCUT2D eigenvalue weighted by molar-refractivity contribution is -0.158. The van der Waals surface area contributed by atoms with Crippen LogP contribution in [0.2, 0.25) is 0 Å². The molecule has 1 amide bonds. The van der Waals surface area contributed by atoms with Crippen LogP contribution >= 0.6 is 11.8 Å². The van der Waals surface area contributed by atoms with Crippen LogP contribution in [0, 0.1) is 12.8 Å². The van der Waals surface area contributed by atoms with Crippen LogP contribution in [0.4, 0.5) is 0 Å². The normalized spacial score (nSPS) is 28.3. The molecule has 3 aliphatic rings. The van der Waals surface area contributed by atoms with Gasteiger partial charge in [0.05, 0.1) is 18.1 Å². The first-order valence-corrected chi connectivity index (χ1v) is 9.56. The van der Waals surface area contributed by atoms with Crippen molar-refractivity contribution < 1.29 is 33.0 Å². The molecule has 0 spiro atoms. The molecule has 1 unspecified atom stereocenters. The van der Waals surface area contributed by atoms with Crippen LogP contribution in [-0.4, -0.2) is 46.1 Å². The average molecular weight is 397 g/mol. The summed E-state index contributed by atoms with van der Waals surface area (Å²) in [6, 6.07) is 0. The minimum absolute atomic E-state index is 0.117. The van der Waals surface area contributed by atoms with Crippen molar-refractivity contribution in [1.82, 2.24) is 4.90 Å². The number of aliphatic hydroxyl groups excluding tert-OH is 1. The number of fused-ring (bicyclic) bond motifs is 1. The standard InChI is InChI=1S/C17H19NO8S/c1-7(19)11-14(20)18-12(13(27-15(11)18)9-4-3-5-23-9)16(21)24-6-10-8(2)25-17(22)26-10/h7,9,11,15,19H,3-6H2,1-2H3/t7-,9+,11?,15-/m0/s1. The van der Waals surface area contributed by atoms with Crippen LogP contribution in [0.3, 0.4) is 0 Å². The van der Waals surface area contributed by atoms with Gasteiger partial charge in [-0.1, -0.05) is 11.8 Å². The molecule has 2 saturated heterocycles. The molecule has 1 N–H and O–H groups in total. The van der Waals surface area contributed by atoms with Crippen molar-refractivity contribution in [3.8, 4) is 0 Å². The Labute approximate surface area is 158 Å². The van der Waals surface area contributed by atoms with Crippen LogP contribution in [-0.2, 0) is 25.7 Å². The minimum atomic E-state index is -0.869. The number of ether oxygens (including phenoxy) is 2. The molecule has 0 bridgehead atoms. The van der Waals surface area contributed by atoms with E-state index in [1.165, 1.54) is 23.6 Å². The molecule has 10 heteroatoms. The van der Waals surface area contributed by atoms with Gasteiger partial charge < -0.3 is 23.4 Å². The molecule has 1 aromatic heterocycles. The Hall–Kier alpha value is -2.04. The van der Waals surface area contributed by atoms with Gasteiger partial charge in [0.25, 0.3) is 0 Å². The zero-order valence-corrected chi connectivity index (χ0v) is 15.6. The lowest BCUT2D eigenvalue weighted by atomic mass is 9.92. The number of aliphatic hydroxyl groups is 1. The lowest BCUT2D eigenvalue weighted by Gasteiger charge is -2.43. The van der Waals surface area contributed by atoms with Gasteiger partial charge in [0.15, 0.2) is 18.1 Å². The molecule has 0 aliphatic carbocycles. The number of hydrogen-bond donors (Lipinski definition) is 1. The van der Waals surface area contributed by atoms with Gasteiger partial charge in [-0.25, -0.2) is 9.59 Å². The summed E-state index contributed by atoms with van der Waals surface area (Å²) in [4.78, 5) is 38.4. The molecular formula is C17H19NO8S. The Balaban J connectivity index is 1.57. The number of aryl methyl sites for hydroxylation is 1. The Morgan fingerprint density at radius 2 is 2.19 bits per heavy atom. The molecule has 9 nitrogen and oxygen atoms in total. The zero-order valence-electron chi connectivity index (χ0n) is 14.8. The number of nitrogens with zero attached hydrogens (tertiary/aromatic N) is 1. The average Bonchev–Trinajstić information content (AvgIpc) is 3.29. The van der Waals surface area contributed by atoms with Crippen molar-refractivity contribution in [2.24, 2.45) is 5.92 Å². The second kappa shape index (κ2) is 6.84. The highest BCUT2D eigenvalue weighted by Gasteiger charge is 2.58. The Kier molecular flexibility index (Phi) is 4.65. The number of carbonyl (C=O) groups is 2. The maximum Gasteiger partial charge on any atom is 0.519 e. The van der Waals surface area contributed by atoms with E-state index in [1.54, 1.807) is 6.92 Å². The molecule has 146 valence electrons. The Morgan fingerprint density at radius 1 is 1.41 bits per heavy atom. The van der Waals surface area contributed by atoms with Crippen LogP contribution in [0.25, 0.3) is 0 Å². The highest BCUT2D eigenvalue weighted by Crippen LogP contribution is 2.52. The van der Waals surface area contributed by atoms with Gasteiger partial charge >= 0.3 is 11.8 Å². The second-order valence-corrected chi connectivity index (χ2v) is 7.87. The number of β-lactam (4-membered cyclic amide) rings is 1. The van der Waals surface area contributed by atoms with Gasteiger partial charge in [0.1, 0.15) is 11.1 Å². The lowest BCUT2D eigenvalue weighted by Crippen LogP contribution is -2.60. The third-order valence-electron chi connectivity index (χ3n) is 4.91. The summed E-state index contributed by atoms with van der Waals surface area (Å²) in [5.41, 5.74) is 0.155. The van der Waals surface area contributed by atoms with Gasteiger partial charge in [-0.05, 0) is 26.7 Å². The van der Waals surface area contributed by atoms with Gasteiger partial charge in [0.2, 0.25) is 5.91 Å². The summed E-state index contributed by atoms with van der Waals surface area (Å²) in [7, 11) is 0. The zero-order chi connectivity index (χ0) is 19.3. The van der Waals surface area contributed by atoms with Crippen molar-refractivity contribution in [2.75, 3.05) is 6.61 Å². The first-order chi connectivity index (χ1) is 12.9. The fourth-order valence-electron chi connectivity index (χ4n) is 3.52. The van der Waals surface area contributed by atoms with E-state index in [9.17, 15) is 19.5 Å². The molecular weight excluding hydrogens is 378 g/mol. The van der Waals surface area contributed by atoms with E-state index in [1.807, 2.05) is 0 Å². The van der Waals surface area contributed by atoms with E-state index < -0.39 is 23.8 Å². The Morgan fingerprint density at radius 3 is 2.78 bits per heavy atom. The molecule has 4 heterocycles. The minimum Gasteiger partial charge on any atom is -0.453 e. The maximum absolute atomic E-state index is 12.8. The van der Waals surface area contributed by atoms with Crippen molar-refractivity contribution in [2.45, 2.75) is 50.9 Å². The Bertz CT molecular complexity index is 863. The molecule has 4 atom stereocenters. The molecule has 2 fully saturated rings. The molecule has 0 aromatic carbocycles. The summed E-state index contributed by atoms with van der Waals surface area (Å²) in [5, 5.41) is 9.53. The number of esters is 1. The third kappa shape index (κ3) is 3.01. The van der Waals surface area contributed by atoms with E-state index in [0.29, 0.717) is 11.5 Å². The van der Waals surface area contributed by atoms with Gasteiger partial charge in [-0.15, -0.1) is 0 Å². The molecule has 3 aliphatic heterocycles. The van der Waals surface area contributed by atoms with Crippen LogP contribution in [0.15, 0.2) is 24.2 Å². The quantitative estimate of drug-likeness (QED) is 0.570.